The van der Waals surface area contributed by atoms with Gasteiger partial charge in [-0.15, -0.1) is 0 Å². The van der Waals surface area contributed by atoms with Crippen molar-refractivity contribution < 1.29 is 19.1 Å². The molecule has 7 nitrogen and oxygen atoms in total. The lowest BCUT2D eigenvalue weighted by molar-refractivity contribution is 0.0656. The summed E-state index contributed by atoms with van der Waals surface area (Å²) in [6.07, 6.45) is 4.54. The van der Waals surface area contributed by atoms with Gasteiger partial charge in [0.2, 0.25) is 0 Å². The van der Waals surface area contributed by atoms with Crippen LogP contribution in [0, 0.1) is 0 Å². The molecule has 23 heavy (non-hydrogen) atoms. The number of carboxylic acids is 1. The first-order valence-electron chi connectivity index (χ1n) is 7.46. The first-order chi connectivity index (χ1) is 11.0. The van der Waals surface area contributed by atoms with Gasteiger partial charge in [-0.25, -0.2) is 14.6 Å². The second kappa shape index (κ2) is 4.86. The predicted octanol–water partition coefficient (Wildman–Crippen LogP) is 3.47. The van der Waals surface area contributed by atoms with Gasteiger partial charge in [-0.3, -0.25) is 0 Å². The highest BCUT2D eigenvalue weighted by Gasteiger charge is 2.44. The van der Waals surface area contributed by atoms with E-state index < -0.39 is 11.5 Å². The number of rotatable bonds is 1. The number of benzene rings is 1. The summed E-state index contributed by atoms with van der Waals surface area (Å²) in [7, 11) is 0. The van der Waals surface area contributed by atoms with Crippen LogP contribution >= 0.6 is 11.6 Å². The molecule has 2 aliphatic rings. The van der Waals surface area contributed by atoms with Crippen molar-refractivity contribution in [2.75, 3.05) is 5.32 Å². The van der Waals surface area contributed by atoms with E-state index in [0.717, 1.165) is 32.1 Å². The van der Waals surface area contributed by atoms with E-state index in [4.69, 9.17) is 21.1 Å². The molecule has 0 unspecified atom stereocenters. The lowest BCUT2D eigenvalue weighted by Crippen LogP contribution is -2.52. The SMILES string of the molecule is O=C1Nc2c(Cl)cc3nc(C(=O)O)oc3c2C2(CCCCC2)N1. The Kier molecular flexibility index (Phi) is 3.02. The van der Waals surface area contributed by atoms with Gasteiger partial charge < -0.3 is 20.2 Å². The number of carboxylic acid groups (broad SMARTS) is 1. The van der Waals surface area contributed by atoms with Crippen LogP contribution in [0.3, 0.4) is 0 Å². The van der Waals surface area contributed by atoms with E-state index >= 15 is 0 Å². The molecule has 4 rings (SSSR count). The van der Waals surface area contributed by atoms with Crippen LogP contribution in [0.25, 0.3) is 11.1 Å². The van der Waals surface area contributed by atoms with E-state index in [9.17, 15) is 9.59 Å². The third-order valence-corrected chi connectivity index (χ3v) is 4.89. The van der Waals surface area contributed by atoms with E-state index in [-0.39, 0.29) is 11.9 Å². The molecular weight excluding hydrogens is 322 g/mol. The number of hydrogen-bond donors (Lipinski definition) is 3. The maximum absolute atomic E-state index is 12.1. The summed E-state index contributed by atoms with van der Waals surface area (Å²) < 4.78 is 5.49. The molecule has 1 aromatic heterocycles. The number of halogens is 1. The zero-order valence-electron chi connectivity index (χ0n) is 12.1. The van der Waals surface area contributed by atoms with Crippen molar-refractivity contribution in [2.45, 2.75) is 37.6 Å². The molecule has 1 aliphatic heterocycles. The van der Waals surface area contributed by atoms with Gasteiger partial charge in [0.05, 0.1) is 16.2 Å². The van der Waals surface area contributed by atoms with Crippen molar-refractivity contribution in [3.63, 3.8) is 0 Å². The summed E-state index contributed by atoms with van der Waals surface area (Å²) >= 11 is 6.31. The Balaban J connectivity index is 2.04. The van der Waals surface area contributed by atoms with Gasteiger partial charge in [0.15, 0.2) is 5.58 Å². The molecule has 0 radical (unpaired) electrons. The standard InChI is InChI=1S/C15H14ClN3O4/c16-7-6-8-11(23-12(17-8)13(20)21)9-10(7)18-14(22)19-15(9)4-2-1-3-5-15/h6H,1-5H2,(H,20,21)(H2,18,19,22). The van der Waals surface area contributed by atoms with E-state index in [0.29, 0.717) is 27.4 Å². The minimum absolute atomic E-state index is 0.307. The van der Waals surface area contributed by atoms with Crippen LogP contribution in [-0.2, 0) is 5.54 Å². The molecule has 1 aromatic carbocycles. The van der Waals surface area contributed by atoms with Gasteiger partial charge >= 0.3 is 17.9 Å². The molecule has 1 spiro atoms. The Morgan fingerprint density at radius 3 is 2.78 bits per heavy atom. The number of carbonyl (C=O) groups excluding carboxylic acids is 1. The van der Waals surface area contributed by atoms with E-state index in [1.807, 2.05) is 0 Å². The fraction of sp³-hybridized carbons (Fsp3) is 0.400. The number of anilines is 1. The van der Waals surface area contributed by atoms with Gasteiger partial charge in [0, 0.05) is 5.56 Å². The molecule has 2 amide bonds. The number of hydrogen-bond acceptors (Lipinski definition) is 4. The van der Waals surface area contributed by atoms with Crippen molar-refractivity contribution >= 4 is 40.4 Å². The molecule has 1 saturated carbocycles. The number of carbonyl (C=O) groups is 2. The third kappa shape index (κ3) is 2.07. The number of urea groups is 1. The van der Waals surface area contributed by atoms with Gasteiger partial charge in [0.25, 0.3) is 0 Å². The summed E-state index contributed by atoms with van der Waals surface area (Å²) in [5, 5.41) is 15.2. The zero-order valence-corrected chi connectivity index (χ0v) is 12.9. The molecule has 2 aromatic rings. The molecule has 1 fully saturated rings. The fourth-order valence-corrected chi connectivity index (χ4v) is 3.90. The topological polar surface area (TPSA) is 104 Å². The van der Waals surface area contributed by atoms with Gasteiger partial charge in [-0.1, -0.05) is 30.9 Å². The van der Waals surface area contributed by atoms with E-state index in [1.165, 1.54) is 6.07 Å². The summed E-state index contributed by atoms with van der Waals surface area (Å²) in [6.45, 7) is 0. The smallest absolute Gasteiger partial charge is 0.392 e. The number of oxazole rings is 1. The summed E-state index contributed by atoms with van der Waals surface area (Å²) in [6, 6.07) is 1.21. The Morgan fingerprint density at radius 1 is 1.35 bits per heavy atom. The van der Waals surface area contributed by atoms with Crippen LogP contribution in [0.4, 0.5) is 10.5 Å². The van der Waals surface area contributed by atoms with Gasteiger partial charge in [-0.05, 0) is 18.9 Å². The second-order valence-electron chi connectivity index (χ2n) is 6.00. The molecule has 0 saturated heterocycles. The first kappa shape index (κ1) is 14.3. The third-order valence-electron chi connectivity index (χ3n) is 4.59. The Hall–Kier alpha value is -2.28. The minimum Gasteiger partial charge on any atom is -0.474 e. The van der Waals surface area contributed by atoms with Crippen LogP contribution in [0.5, 0.6) is 0 Å². The predicted molar refractivity (Wildman–Crippen MR) is 82.9 cm³/mol. The molecule has 120 valence electrons. The normalized spacial score (nSPS) is 19.3. The van der Waals surface area contributed by atoms with Crippen LogP contribution in [0.15, 0.2) is 10.5 Å². The fourth-order valence-electron chi connectivity index (χ4n) is 3.66. The highest BCUT2D eigenvalue weighted by Crippen LogP contribution is 2.48. The molecule has 0 bridgehead atoms. The highest BCUT2D eigenvalue weighted by atomic mass is 35.5. The summed E-state index contributed by atoms with van der Waals surface area (Å²) in [4.78, 5) is 27.2. The zero-order chi connectivity index (χ0) is 16.2. The van der Waals surface area contributed by atoms with Crippen molar-refractivity contribution in [3.05, 3.63) is 22.5 Å². The lowest BCUT2D eigenvalue weighted by Gasteiger charge is -2.42. The Morgan fingerprint density at radius 2 is 2.09 bits per heavy atom. The van der Waals surface area contributed by atoms with Gasteiger partial charge in [0.1, 0.15) is 5.52 Å². The number of aromatic carboxylic acids is 1. The molecule has 1 aliphatic carbocycles. The van der Waals surface area contributed by atoms with Gasteiger partial charge in [-0.2, -0.15) is 0 Å². The monoisotopic (exact) mass is 335 g/mol. The number of aromatic nitrogens is 1. The van der Waals surface area contributed by atoms with Crippen LogP contribution in [-0.4, -0.2) is 22.1 Å². The molecular formula is C15H14ClN3O4. The minimum atomic E-state index is -1.24. The maximum Gasteiger partial charge on any atom is 0.392 e. The largest absolute Gasteiger partial charge is 0.474 e. The Bertz CT molecular complexity index is 839. The molecule has 2 heterocycles. The highest BCUT2D eigenvalue weighted by molar-refractivity contribution is 6.35. The van der Waals surface area contributed by atoms with E-state index in [2.05, 4.69) is 15.6 Å². The average molecular weight is 336 g/mol. The molecule has 8 heteroatoms. The van der Waals surface area contributed by atoms with Crippen LogP contribution < -0.4 is 10.6 Å². The maximum atomic E-state index is 12.1. The van der Waals surface area contributed by atoms with Crippen molar-refractivity contribution in [3.8, 4) is 0 Å². The van der Waals surface area contributed by atoms with Crippen LogP contribution in [0.2, 0.25) is 5.02 Å². The van der Waals surface area contributed by atoms with Crippen molar-refractivity contribution in [1.29, 1.82) is 0 Å². The molecule has 3 N–H and O–H groups in total. The average Bonchev–Trinajstić information content (AvgIpc) is 2.91. The number of fused-ring (bicyclic) bond motifs is 4. The van der Waals surface area contributed by atoms with Crippen molar-refractivity contribution in [2.24, 2.45) is 0 Å². The molecule has 0 atom stereocenters. The summed E-state index contributed by atoms with van der Waals surface area (Å²) in [5.74, 6) is -1.62. The number of amides is 2. The number of nitrogens with zero attached hydrogens (tertiary/aromatic N) is 1. The van der Waals surface area contributed by atoms with Crippen molar-refractivity contribution in [1.82, 2.24) is 10.3 Å². The number of nitrogens with one attached hydrogen (secondary N) is 2. The van der Waals surface area contributed by atoms with Crippen LogP contribution in [0.1, 0.15) is 48.4 Å². The second-order valence-corrected chi connectivity index (χ2v) is 6.41. The quantitative estimate of drug-likeness (QED) is 0.740. The van der Waals surface area contributed by atoms with E-state index in [1.54, 1.807) is 0 Å². The Labute approximate surface area is 136 Å². The first-order valence-corrected chi connectivity index (χ1v) is 7.84. The lowest BCUT2D eigenvalue weighted by atomic mass is 9.74. The summed E-state index contributed by atoms with van der Waals surface area (Å²) in [5.41, 5.74) is 1.36.